The quantitative estimate of drug-likeness (QED) is 0.820. The van der Waals surface area contributed by atoms with Crippen LogP contribution in [0.15, 0.2) is 30.3 Å². The molecule has 1 aliphatic rings. The molecule has 1 saturated carbocycles. The van der Waals surface area contributed by atoms with E-state index in [9.17, 15) is 0 Å². The Morgan fingerprint density at radius 2 is 1.81 bits per heavy atom. The zero-order valence-corrected chi connectivity index (χ0v) is 10.3. The van der Waals surface area contributed by atoms with Gasteiger partial charge in [-0.1, -0.05) is 56.0 Å². The molecule has 1 aromatic rings. The van der Waals surface area contributed by atoms with Gasteiger partial charge in [-0.15, -0.1) is 0 Å². The summed E-state index contributed by atoms with van der Waals surface area (Å²) in [4.78, 5) is 0. The lowest BCUT2D eigenvalue weighted by Gasteiger charge is -2.28. The van der Waals surface area contributed by atoms with E-state index in [0.29, 0.717) is 0 Å². The van der Waals surface area contributed by atoms with Crippen molar-refractivity contribution >= 4 is 0 Å². The van der Waals surface area contributed by atoms with Crippen LogP contribution in [0.25, 0.3) is 0 Å². The standard InChI is InChI=1S/C15H23N/c1-15(16,12-14-9-5-6-10-14)11-13-7-3-2-4-8-13/h2-4,7-8,14H,5-6,9-12,16H2,1H3. The summed E-state index contributed by atoms with van der Waals surface area (Å²) in [5.74, 6) is 0.874. The van der Waals surface area contributed by atoms with Gasteiger partial charge in [0.2, 0.25) is 0 Å². The van der Waals surface area contributed by atoms with Crippen molar-refractivity contribution in [3.05, 3.63) is 35.9 Å². The van der Waals surface area contributed by atoms with Crippen molar-refractivity contribution in [3.63, 3.8) is 0 Å². The highest BCUT2D eigenvalue weighted by molar-refractivity contribution is 5.17. The van der Waals surface area contributed by atoms with E-state index >= 15 is 0 Å². The third kappa shape index (κ3) is 3.34. The minimum absolute atomic E-state index is 0.0314. The van der Waals surface area contributed by atoms with Crippen molar-refractivity contribution in [3.8, 4) is 0 Å². The maximum Gasteiger partial charge on any atom is 0.0169 e. The number of nitrogens with two attached hydrogens (primary N) is 1. The van der Waals surface area contributed by atoms with E-state index in [1.54, 1.807) is 0 Å². The van der Waals surface area contributed by atoms with Crippen LogP contribution in [0.1, 0.15) is 44.6 Å². The van der Waals surface area contributed by atoms with Gasteiger partial charge in [0.05, 0.1) is 0 Å². The third-order valence-electron chi connectivity index (χ3n) is 3.68. The molecule has 1 heteroatoms. The molecule has 0 aliphatic heterocycles. The van der Waals surface area contributed by atoms with Crippen molar-refractivity contribution in [2.75, 3.05) is 0 Å². The Morgan fingerprint density at radius 3 is 2.44 bits per heavy atom. The third-order valence-corrected chi connectivity index (χ3v) is 3.68. The molecule has 0 spiro atoms. The van der Waals surface area contributed by atoms with E-state index in [1.165, 1.54) is 37.7 Å². The van der Waals surface area contributed by atoms with Crippen LogP contribution in [0.2, 0.25) is 0 Å². The van der Waals surface area contributed by atoms with Gasteiger partial charge in [0.25, 0.3) is 0 Å². The van der Waals surface area contributed by atoms with Gasteiger partial charge < -0.3 is 5.73 Å². The van der Waals surface area contributed by atoms with Crippen LogP contribution in [-0.4, -0.2) is 5.54 Å². The molecule has 0 radical (unpaired) electrons. The molecule has 1 aliphatic carbocycles. The fourth-order valence-corrected chi connectivity index (χ4v) is 3.01. The fraction of sp³-hybridized carbons (Fsp3) is 0.600. The van der Waals surface area contributed by atoms with E-state index in [0.717, 1.165) is 12.3 Å². The average molecular weight is 217 g/mol. The van der Waals surface area contributed by atoms with Gasteiger partial charge in [-0.2, -0.15) is 0 Å². The highest BCUT2D eigenvalue weighted by Gasteiger charge is 2.26. The molecule has 0 bridgehead atoms. The van der Waals surface area contributed by atoms with Gasteiger partial charge in [0.1, 0.15) is 0 Å². The minimum atomic E-state index is -0.0314. The molecular weight excluding hydrogens is 194 g/mol. The second-order valence-electron chi connectivity index (χ2n) is 5.67. The number of rotatable bonds is 4. The monoisotopic (exact) mass is 217 g/mol. The Bertz CT molecular complexity index is 309. The summed E-state index contributed by atoms with van der Waals surface area (Å²) in [5.41, 5.74) is 7.76. The average Bonchev–Trinajstić information content (AvgIpc) is 2.70. The SMILES string of the molecule is CC(N)(Cc1ccccc1)CC1CCCC1. The van der Waals surface area contributed by atoms with Crippen LogP contribution >= 0.6 is 0 Å². The lowest BCUT2D eigenvalue weighted by atomic mass is 9.84. The van der Waals surface area contributed by atoms with Crippen molar-refractivity contribution in [1.29, 1.82) is 0 Å². The van der Waals surface area contributed by atoms with Gasteiger partial charge >= 0.3 is 0 Å². The molecule has 1 unspecified atom stereocenters. The summed E-state index contributed by atoms with van der Waals surface area (Å²) >= 11 is 0. The normalized spacial score (nSPS) is 20.9. The number of hydrogen-bond donors (Lipinski definition) is 1. The summed E-state index contributed by atoms with van der Waals surface area (Å²) in [6, 6.07) is 10.6. The van der Waals surface area contributed by atoms with Gasteiger partial charge in [0, 0.05) is 5.54 Å². The Labute approximate surface area is 99.0 Å². The topological polar surface area (TPSA) is 26.0 Å². The first-order chi connectivity index (χ1) is 7.66. The Kier molecular flexibility index (Phi) is 3.65. The largest absolute Gasteiger partial charge is 0.325 e. The maximum atomic E-state index is 6.43. The summed E-state index contributed by atoms with van der Waals surface area (Å²) in [6.07, 6.45) is 7.79. The van der Waals surface area contributed by atoms with Crippen molar-refractivity contribution < 1.29 is 0 Å². The maximum absolute atomic E-state index is 6.43. The molecule has 0 heterocycles. The first-order valence-corrected chi connectivity index (χ1v) is 6.48. The van der Waals surface area contributed by atoms with Crippen LogP contribution in [0.3, 0.4) is 0 Å². The highest BCUT2D eigenvalue weighted by Crippen LogP contribution is 2.32. The molecule has 1 atom stereocenters. The lowest BCUT2D eigenvalue weighted by Crippen LogP contribution is -2.40. The predicted octanol–water partition coefficient (Wildman–Crippen LogP) is 3.53. The summed E-state index contributed by atoms with van der Waals surface area (Å²) in [6.45, 7) is 2.21. The van der Waals surface area contributed by atoms with Crippen LogP contribution in [0.5, 0.6) is 0 Å². The zero-order valence-electron chi connectivity index (χ0n) is 10.3. The first-order valence-electron chi connectivity index (χ1n) is 6.48. The predicted molar refractivity (Wildman–Crippen MR) is 69.3 cm³/mol. The Hall–Kier alpha value is -0.820. The van der Waals surface area contributed by atoms with Gasteiger partial charge in [-0.25, -0.2) is 0 Å². The van der Waals surface area contributed by atoms with Gasteiger partial charge in [-0.05, 0) is 31.2 Å². The second kappa shape index (κ2) is 5.01. The number of benzene rings is 1. The van der Waals surface area contributed by atoms with Crippen LogP contribution in [0, 0.1) is 5.92 Å². The molecule has 1 fully saturated rings. The summed E-state index contributed by atoms with van der Waals surface area (Å²) in [7, 11) is 0. The zero-order chi connectivity index (χ0) is 11.4. The molecule has 0 aromatic heterocycles. The Morgan fingerprint density at radius 1 is 1.19 bits per heavy atom. The van der Waals surface area contributed by atoms with E-state index in [4.69, 9.17) is 5.73 Å². The smallest absolute Gasteiger partial charge is 0.0169 e. The van der Waals surface area contributed by atoms with Crippen molar-refractivity contribution in [2.45, 2.75) is 51.0 Å². The molecule has 16 heavy (non-hydrogen) atoms. The summed E-state index contributed by atoms with van der Waals surface area (Å²) < 4.78 is 0. The van der Waals surface area contributed by atoms with Crippen molar-refractivity contribution in [1.82, 2.24) is 0 Å². The van der Waals surface area contributed by atoms with Gasteiger partial charge in [-0.3, -0.25) is 0 Å². The van der Waals surface area contributed by atoms with Crippen molar-refractivity contribution in [2.24, 2.45) is 11.7 Å². The summed E-state index contributed by atoms with van der Waals surface area (Å²) in [5, 5.41) is 0. The first kappa shape index (κ1) is 11.7. The number of hydrogen-bond acceptors (Lipinski definition) is 1. The minimum Gasteiger partial charge on any atom is -0.325 e. The molecular formula is C15H23N. The molecule has 2 rings (SSSR count). The second-order valence-corrected chi connectivity index (χ2v) is 5.67. The molecule has 0 amide bonds. The molecule has 2 N–H and O–H groups in total. The van der Waals surface area contributed by atoms with Crippen LogP contribution in [0.4, 0.5) is 0 Å². The van der Waals surface area contributed by atoms with E-state index in [2.05, 4.69) is 37.3 Å². The molecule has 0 saturated heterocycles. The van der Waals surface area contributed by atoms with E-state index < -0.39 is 0 Å². The molecule has 1 nitrogen and oxygen atoms in total. The van der Waals surface area contributed by atoms with Crippen LogP contribution in [-0.2, 0) is 6.42 Å². The lowest BCUT2D eigenvalue weighted by molar-refractivity contribution is 0.340. The molecule has 88 valence electrons. The molecule has 1 aromatic carbocycles. The van der Waals surface area contributed by atoms with Gasteiger partial charge in [0.15, 0.2) is 0 Å². The van der Waals surface area contributed by atoms with E-state index in [-0.39, 0.29) is 5.54 Å². The highest BCUT2D eigenvalue weighted by atomic mass is 14.7. The van der Waals surface area contributed by atoms with Crippen LogP contribution < -0.4 is 5.73 Å². The Balaban J connectivity index is 1.91. The van der Waals surface area contributed by atoms with E-state index in [1.807, 2.05) is 0 Å². The fourth-order valence-electron chi connectivity index (χ4n) is 3.01.